The molecule has 28 heavy (non-hydrogen) atoms. The Morgan fingerprint density at radius 3 is 2.54 bits per heavy atom. The lowest BCUT2D eigenvalue weighted by Gasteiger charge is -2.46. The van der Waals surface area contributed by atoms with Crippen molar-refractivity contribution in [2.45, 2.75) is 38.6 Å². The van der Waals surface area contributed by atoms with Crippen LogP contribution in [-0.4, -0.2) is 41.9 Å². The molecule has 3 nitrogen and oxygen atoms in total. The summed E-state index contributed by atoms with van der Waals surface area (Å²) < 4.78 is 0. The maximum atomic E-state index is 13.5. The average Bonchev–Trinajstić information content (AvgIpc) is 2.75. The molecule has 2 bridgehead atoms. The lowest BCUT2D eigenvalue weighted by Crippen LogP contribution is -2.49. The number of piperidine rings is 3. The Bertz CT molecular complexity index is 771. The minimum atomic E-state index is -0.00673. The minimum absolute atomic E-state index is 0.00673. The molecule has 1 aromatic rings. The van der Waals surface area contributed by atoms with Crippen LogP contribution in [0.5, 0.6) is 0 Å². The van der Waals surface area contributed by atoms with Gasteiger partial charge in [-0.25, -0.2) is 0 Å². The summed E-state index contributed by atoms with van der Waals surface area (Å²) in [5.74, 6) is 1.59. The van der Waals surface area contributed by atoms with Crippen molar-refractivity contribution in [1.82, 2.24) is 9.80 Å². The number of rotatable bonds is 5. The van der Waals surface area contributed by atoms with Gasteiger partial charge in [-0.3, -0.25) is 4.79 Å². The number of nitrogens with zero attached hydrogens (tertiary/aromatic N) is 2. The molecule has 0 saturated carbocycles. The van der Waals surface area contributed by atoms with Crippen LogP contribution in [0.4, 0.5) is 0 Å². The zero-order valence-corrected chi connectivity index (χ0v) is 17.0. The standard InChI is InChI=1S/C25H32N2O/c1-3-8-23-19(4-2)13-16-27(25(23)21-9-6-5-7-10-21)24(28)17-22-18-26-14-11-20(22)12-15-26/h3-10,20,22,25H,2,11-18H2,1H3/b8-3-/t22-,25-/m1/s1. The number of amides is 1. The van der Waals surface area contributed by atoms with Crippen molar-refractivity contribution < 1.29 is 4.79 Å². The lowest BCUT2D eigenvalue weighted by atomic mass is 9.77. The van der Waals surface area contributed by atoms with Crippen LogP contribution >= 0.6 is 0 Å². The van der Waals surface area contributed by atoms with Crippen LogP contribution in [0.3, 0.4) is 0 Å². The van der Waals surface area contributed by atoms with Gasteiger partial charge in [0.1, 0.15) is 0 Å². The fourth-order valence-electron chi connectivity index (χ4n) is 5.38. The largest absolute Gasteiger partial charge is 0.331 e. The van der Waals surface area contributed by atoms with Gasteiger partial charge in [0.05, 0.1) is 6.04 Å². The summed E-state index contributed by atoms with van der Waals surface area (Å²) in [5.41, 5.74) is 3.67. The van der Waals surface area contributed by atoms with Gasteiger partial charge in [0, 0.05) is 19.5 Å². The highest BCUT2D eigenvalue weighted by molar-refractivity contribution is 5.78. The first-order chi connectivity index (χ1) is 13.7. The molecule has 0 spiro atoms. The Hall–Kier alpha value is -2.13. The van der Waals surface area contributed by atoms with Crippen molar-refractivity contribution in [3.05, 3.63) is 71.8 Å². The number of hydrogen-bond donors (Lipinski definition) is 0. The van der Waals surface area contributed by atoms with Crippen LogP contribution in [0, 0.1) is 11.8 Å². The van der Waals surface area contributed by atoms with Gasteiger partial charge < -0.3 is 9.80 Å². The summed E-state index contributed by atoms with van der Waals surface area (Å²) in [6, 6.07) is 10.5. The molecule has 0 aliphatic carbocycles. The highest BCUT2D eigenvalue weighted by atomic mass is 16.2. The molecule has 0 radical (unpaired) electrons. The Morgan fingerprint density at radius 1 is 1.18 bits per heavy atom. The average molecular weight is 377 g/mol. The van der Waals surface area contributed by atoms with Crippen molar-refractivity contribution in [3.8, 4) is 0 Å². The Labute approximate surface area is 169 Å². The maximum Gasteiger partial charge on any atom is 0.223 e. The Morgan fingerprint density at radius 2 is 1.93 bits per heavy atom. The fourth-order valence-corrected chi connectivity index (χ4v) is 5.38. The predicted molar refractivity (Wildman–Crippen MR) is 115 cm³/mol. The third-order valence-electron chi connectivity index (χ3n) is 6.86. The van der Waals surface area contributed by atoms with Crippen LogP contribution in [-0.2, 0) is 4.79 Å². The molecule has 0 aromatic heterocycles. The Kier molecular flexibility index (Phi) is 5.82. The first-order valence-electron chi connectivity index (χ1n) is 10.8. The monoisotopic (exact) mass is 376 g/mol. The summed E-state index contributed by atoms with van der Waals surface area (Å²) in [5, 5.41) is 0. The van der Waals surface area contributed by atoms with E-state index in [2.05, 4.69) is 52.8 Å². The van der Waals surface area contributed by atoms with Crippen LogP contribution < -0.4 is 0 Å². The molecule has 3 fully saturated rings. The molecule has 0 N–H and O–H groups in total. The summed E-state index contributed by atoms with van der Waals surface area (Å²) in [6.07, 6.45) is 10.3. The van der Waals surface area contributed by atoms with Gasteiger partial charge in [0.25, 0.3) is 0 Å². The van der Waals surface area contributed by atoms with Gasteiger partial charge in [-0.1, -0.05) is 55.1 Å². The second kappa shape index (κ2) is 8.48. The number of allylic oxidation sites excluding steroid dienone is 2. The number of fused-ring (bicyclic) bond motifs is 3. The minimum Gasteiger partial charge on any atom is -0.331 e. The summed E-state index contributed by atoms with van der Waals surface area (Å²) >= 11 is 0. The SMILES string of the molecule is C=CC1=C(/C=C\C)[C@@H](c2ccccc2)N(C(=O)C[C@@H]2CN3CCC2CC3)CC1. The number of hydrogen-bond acceptors (Lipinski definition) is 2. The van der Waals surface area contributed by atoms with Crippen LogP contribution in [0.25, 0.3) is 0 Å². The number of carbonyl (C=O) groups is 1. The van der Waals surface area contributed by atoms with Crippen molar-refractivity contribution in [2.75, 3.05) is 26.2 Å². The smallest absolute Gasteiger partial charge is 0.223 e. The van der Waals surface area contributed by atoms with E-state index >= 15 is 0 Å². The van der Waals surface area contributed by atoms with E-state index < -0.39 is 0 Å². The van der Waals surface area contributed by atoms with Crippen LogP contribution in [0.15, 0.2) is 66.3 Å². The van der Waals surface area contributed by atoms with Crippen molar-refractivity contribution in [1.29, 1.82) is 0 Å². The highest BCUT2D eigenvalue weighted by Crippen LogP contribution is 2.39. The topological polar surface area (TPSA) is 23.6 Å². The quantitative estimate of drug-likeness (QED) is 0.740. The van der Waals surface area contributed by atoms with E-state index in [0.717, 1.165) is 25.4 Å². The molecule has 2 atom stereocenters. The molecule has 3 saturated heterocycles. The third-order valence-corrected chi connectivity index (χ3v) is 6.86. The van der Waals surface area contributed by atoms with Gasteiger partial charge in [0.2, 0.25) is 5.91 Å². The molecule has 1 aromatic carbocycles. The summed E-state index contributed by atoms with van der Waals surface area (Å²) in [6.45, 7) is 10.4. The molecule has 148 valence electrons. The lowest BCUT2D eigenvalue weighted by molar-refractivity contribution is -0.136. The van der Waals surface area contributed by atoms with E-state index in [1.807, 2.05) is 19.1 Å². The molecule has 4 heterocycles. The van der Waals surface area contributed by atoms with E-state index in [0.29, 0.717) is 18.2 Å². The van der Waals surface area contributed by atoms with E-state index in [1.54, 1.807) is 0 Å². The molecule has 4 aliphatic heterocycles. The van der Waals surface area contributed by atoms with Gasteiger partial charge in [-0.15, -0.1) is 0 Å². The van der Waals surface area contributed by atoms with E-state index in [1.165, 1.54) is 42.6 Å². The third kappa shape index (κ3) is 3.73. The molecule has 4 aliphatic rings. The molecule has 1 amide bonds. The highest BCUT2D eigenvalue weighted by Gasteiger charge is 2.38. The Balaban J connectivity index is 1.62. The van der Waals surface area contributed by atoms with Crippen LogP contribution in [0.2, 0.25) is 0 Å². The molecule has 0 unspecified atom stereocenters. The second-order valence-corrected chi connectivity index (χ2v) is 8.44. The molecular formula is C25H32N2O. The fraction of sp³-hybridized carbons (Fsp3) is 0.480. The van der Waals surface area contributed by atoms with Gasteiger partial charge in [0.15, 0.2) is 0 Å². The van der Waals surface area contributed by atoms with E-state index in [-0.39, 0.29) is 6.04 Å². The molecular weight excluding hydrogens is 344 g/mol. The van der Waals surface area contributed by atoms with Crippen LogP contribution in [0.1, 0.15) is 44.2 Å². The number of benzene rings is 1. The van der Waals surface area contributed by atoms with Crippen molar-refractivity contribution in [3.63, 3.8) is 0 Å². The maximum absolute atomic E-state index is 13.5. The normalized spacial score (nSPS) is 30.1. The summed E-state index contributed by atoms with van der Waals surface area (Å²) in [4.78, 5) is 18.2. The zero-order chi connectivity index (χ0) is 19.5. The van der Waals surface area contributed by atoms with Gasteiger partial charge in [-0.05, 0) is 67.8 Å². The first-order valence-corrected chi connectivity index (χ1v) is 10.8. The number of carbonyl (C=O) groups excluding carboxylic acids is 1. The van der Waals surface area contributed by atoms with Crippen molar-refractivity contribution >= 4 is 5.91 Å². The predicted octanol–water partition coefficient (Wildman–Crippen LogP) is 4.75. The van der Waals surface area contributed by atoms with Crippen molar-refractivity contribution in [2.24, 2.45) is 11.8 Å². The first kappa shape index (κ1) is 19.2. The zero-order valence-electron chi connectivity index (χ0n) is 17.0. The van der Waals surface area contributed by atoms with Gasteiger partial charge in [-0.2, -0.15) is 0 Å². The second-order valence-electron chi connectivity index (χ2n) is 8.44. The van der Waals surface area contributed by atoms with E-state index in [4.69, 9.17) is 0 Å². The van der Waals surface area contributed by atoms with E-state index in [9.17, 15) is 4.79 Å². The molecule has 5 rings (SSSR count). The molecule has 3 heteroatoms. The van der Waals surface area contributed by atoms with Gasteiger partial charge >= 0.3 is 0 Å². The summed E-state index contributed by atoms with van der Waals surface area (Å²) in [7, 11) is 0.